The van der Waals surface area contributed by atoms with Crippen molar-refractivity contribution >= 4 is 38.9 Å². The summed E-state index contributed by atoms with van der Waals surface area (Å²) in [7, 11) is 0. The second kappa shape index (κ2) is 8.06. The van der Waals surface area contributed by atoms with E-state index in [0.29, 0.717) is 36.5 Å². The van der Waals surface area contributed by atoms with Gasteiger partial charge in [0, 0.05) is 23.7 Å². The number of hydrogen-bond donors (Lipinski definition) is 1. The summed E-state index contributed by atoms with van der Waals surface area (Å²) in [5.41, 5.74) is 1.82. The summed E-state index contributed by atoms with van der Waals surface area (Å²) in [5.74, 6) is 0.226. The Morgan fingerprint density at radius 3 is 2.61 bits per heavy atom. The van der Waals surface area contributed by atoms with Gasteiger partial charge in [-0.25, -0.2) is 9.50 Å². The molecule has 0 radical (unpaired) electrons. The lowest BCUT2D eigenvalue weighted by atomic mass is 10.0. The summed E-state index contributed by atoms with van der Waals surface area (Å²) in [6, 6.07) is 7.22. The molecule has 1 atom stereocenters. The molecule has 28 heavy (non-hydrogen) atoms. The maximum atomic E-state index is 12.9. The maximum absolute atomic E-state index is 12.9. The monoisotopic (exact) mass is 419 g/mol. The fourth-order valence-corrected chi connectivity index (χ4v) is 4.09. The van der Waals surface area contributed by atoms with Crippen molar-refractivity contribution in [1.82, 2.24) is 19.5 Å². The van der Waals surface area contributed by atoms with Gasteiger partial charge in [-0.2, -0.15) is 0 Å². The fourth-order valence-electron chi connectivity index (χ4n) is 3.15. The number of fused-ring (bicyclic) bond motifs is 1. The first-order valence-corrected chi connectivity index (χ1v) is 10.5. The summed E-state index contributed by atoms with van der Waals surface area (Å²) >= 11 is 7.38. The molecule has 0 bridgehead atoms. The molecule has 3 aromatic rings. The van der Waals surface area contributed by atoms with Gasteiger partial charge < -0.3 is 15.0 Å². The molecule has 1 amide bonds. The van der Waals surface area contributed by atoms with Gasteiger partial charge in [0.05, 0.1) is 25.1 Å². The van der Waals surface area contributed by atoms with Crippen molar-refractivity contribution in [1.29, 1.82) is 0 Å². The number of ether oxygens (including phenoxy) is 1. The lowest BCUT2D eigenvalue weighted by molar-refractivity contribution is -0.137. The third kappa shape index (κ3) is 3.99. The lowest BCUT2D eigenvalue weighted by Gasteiger charge is -2.32. The van der Waals surface area contributed by atoms with Gasteiger partial charge in [-0.3, -0.25) is 4.79 Å². The molecule has 1 N–H and O–H groups in total. The van der Waals surface area contributed by atoms with Crippen LogP contribution in [-0.2, 0) is 9.53 Å². The van der Waals surface area contributed by atoms with Crippen LogP contribution in [0.25, 0.3) is 16.2 Å². The number of carbonyl (C=O) groups is 1. The van der Waals surface area contributed by atoms with Crippen LogP contribution in [0.4, 0.5) is 5.13 Å². The van der Waals surface area contributed by atoms with Crippen molar-refractivity contribution in [2.45, 2.75) is 19.9 Å². The van der Waals surface area contributed by atoms with Gasteiger partial charge in [-0.05, 0) is 18.1 Å². The molecule has 0 aliphatic carbocycles. The Bertz CT molecular complexity index is 931. The number of halogens is 1. The third-order valence-corrected chi connectivity index (χ3v) is 5.82. The molecule has 0 saturated carbocycles. The number of carbonyl (C=O) groups excluding carboxylic acids is 1. The van der Waals surface area contributed by atoms with Gasteiger partial charge in [0.15, 0.2) is 0 Å². The molecule has 1 aliphatic heterocycles. The van der Waals surface area contributed by atoms with E-state index in [9.17, 15) is 4.79 Å². The molecule has 9 heteroatoms. The van der Waals surface area contributed by atoms with Gasteiger partial charge in [-0.15, -0.1) is 5.10 Å². The Morgan fingerprint density at radius 2 is 1.96 bits per heavy atom. The quantitative estimate of drug-likeness (QED) is 0.686. The van der Waals surface area contributed by atoms with Crippen LogP contribution in [0.15, 0.2) is 30.5 Å². The first-order chi connectivity index (χ1) is 13.5. The first kappa shape index (κ1) is 19.2. The number of aromatic nitrogens is 3. The second-order valence-corrected chi connectivity index (χ2v) is 8.46. The predicted molar refractivity (Wildman–Crippen MR) is 111 cm³/mol. The summed E-state index contributed by atoms with van der Waals surface area (Å²) in [5, 5.41) is 9.26. The average Bonchev–Trinajstić information content (AvgIpc) is 3.25. The van der Waals surface area contributed by atoms with Crippen molar-refractivity contribution < 1.29 is 9.53 Å². The molecule has 1 unspecified atom stereocenters. The zero-order chi connectivity index (χ0) is 19.7. The topological polar surface area (TPSA) is 71.8 Å². The second-order valence-electron chi connectivity index (χ2n) is 7.07. The van der Waals surface area contributed by atoms with Gasteiger partial charge in [0.1, 0.15) is 6.04 Å². The van der Waals surface area contributed by atoms with Crippen LogP contribution >= 0.6 is 22.9 Å². The minimum absolute atomic E-state index is 0.0907. The summed E-state index contributed by atoms with van der Waals surface area (Å²) in [6.45, 7) is 6.52. The fraction of sp³-hybridized carbons (Fsp3) is 0.421. The van der Waals surface area contributed by atoms with Crippen molar-refractivity contribution in [2.75, 3.05) is 31.6 Å². The third-order valence-electron chi connectivity index (χ3n) is 4.72. The zero-order valence-electron chi connectivity index (χ0n) is 15.8. The van der Waals surface area contributed by atoms with Gasteiger partial charge in [0.25, 0.3) is 0 Å². The van der Waals surface area contributed by atoms with E-state index >= 15 is 0 Å². The van der Waals surface area contributed by atoms with Crippen molar-refractivity contribution in [3.63, 3.8) is 0 Å². The van der Waals surface area contributed by atoms with Crippen LogP contribution in [-0.4, -0.2) is 57.8 Å². The van der Waals surface area contributed by atoms with E-state index in [0.717, 1.165) is 16.2 Å². The number of imidazole rings is 1. The molecular formula is C19H22ClN5O2S. The molecule has 1 aromatic carbocycles. The van der Waals surface area contributed by atoms with E-state index in [-0.39, 0.29) is 17.9 Å². The number of hydrogen-bond acceptors (Lipinski definition) is 6. The highest BCUT2D eigenvalue weighted by atomic mass is 35.5. The molecule has 3 heterocycles. The largest absolute Gasteiger partial charge is 0.378 e. The van der Waals surface area contributed by atoms with Gasteiger partial charge in [0.2, 0.25) is 16.0 Å². The molecule has 1 saturated heterocycles. The molecule has 2 aromatic heterocycles. The first-order valence-electron chi connectivity index (χ1n) is 9.26. The van der Waals surface area contributed by atoms with E-state index in [1.54, 1.807) is 4.52 Å². The molecule has 7 nitrogen and oxygen atoms in total. The summed E-state index contributed by atoms with van der Waals surface area (Å²) in [4.78, 5) is 20.2. The van der Waals surface area contributed by atoms with Gasteiger partial charge in [-0.1, -0.05) is 48.9 Å². The Hall–Kier alpha value is -2.16. The predicted octanol–water partition coefficient (Wildman–Crippen LogP) is 3.41. The van der Waals surface area contributed by atoms with Crippen LogP contribution in [0.5, 0.6) is 0 Å². The highest BCUT2D eigenvalue weighted by Gasteiger charge is 2.29. The lowest BCUT2D eigenvalue weighted by Crippen LogP contribution is -2.49. The standard InChI is InChI=1S/C19H22ClN5O2S/c1-12(2)16(17(26)24-7-9-27-10-8-24)22-18-23-25-11-15(21-19(25)28-18)13-3-5-14(20)6-4-13/h3-6,11-12,16H,7-10H2,1-2H3,(H,22,23). The van der Waals surface area contributed by atoms with E-state index in [4.69, 9.17) is 16.3 Å². The smallest absolute Gasteiger partial charge is 0.245 e. The van der Waals surface area contributed by atoms with E-state index in [2.05, 4.69) is 15.4 Å². The molecular weight excluding hydrogens is 398 g/mol. The normalized spacial score (nSPS) is 15.9. The number of nitrogens with one attached hydrogen (secondary N) is 1. The van der Waals surface area contributed by atoms with Crippen LogP contribution in [0.1, 0.15) is 13.8 Å². The summed E-state index contributed by atoms with van der Waals surface area (Å²) < 4.78 is 7.09. The maximum Gasteiger partial charge on any atom is 0.245 e. The average molecular weight is 420 g/mol. The van der Waals surface area contributed by atoms with Crippen LogP contribution in [0.3, 0.4) is 0 Å². The number of anilines is 1. The van der Waals surface area contributed by atoms with Crippen molar-refractivity contribution in [3.05, 3.63) is 35.5 Å². The highest BCUT2D eigenvalue weighted by Crippen LogP contribution is 2.26. The van der Waals surface area contributed by atoms with E-state index < -0.39 is 0 Å². The van der Waals surface area contributed by atoms with Crippen LogP contribution < -0.4 is 5.32 Å². The highest BCUT2D eigenvalue weighted by molar-refractivity contribution is 7.20. The SMILES string of the molecule is CC(C)C(Nc1nn2cc(-c3ccc(Cl)cc3)nc2s1)C(=O)N1CCOCC1. The molecule has 4 rings (SSSR count). The Kier molecular flexibility index (Phi) is 5.52. The van der Waals surface area contributed by atoms with Crippen molar-refractivity contribution in [3.8, 4) is 11.3 Å². The van der Waals surface area contributed by atoms with Crippen LogP contribution in [0.2, 0.25) is 5.02 Å². The van der Waals surface area contributed by atoms with Crippen LogP contribution in [0, 0.1) is 5.92 Å². The number of rotatable bonds is 5. The molecule has 0 spiro atoms. The van der Waals surface area contributed by atoms with E-state index in [1.165, 1.54) is 11.3 Å². The summed E-state index contributed by atoms with van der Waals surface area (Å²) in [6.07, 6.45) is 1.88. The molecule has 148 valence electrons. The zero-order valence-corrected chi connectivity index (χ0v) is 17.3. The molecule has 1 aliphatic rings. The molecule has 1 fully saturated rings. The minimum atomic E-state index is -0.329. The Morgan fingerprint density at radius 1 is 1.25 bits per heavy atom. The number of amides is 1. The number of morpholine rings is 1. The number of benzene rings is 1. The number of nitrogens with zero attached hydrogens (tertiary/aromatic N) is 4. The van der Waals surface area contributed by atoms with E-state index in [1.807, 2.05) is 49.2 Å². The van der Waals surface area contributed by atoms with Crippen molar-refractivity contribution in [2.24, 2.45) is 5.92 Å². The Labute approximate surface area is 172 Å². The Balaban J connectivity index is 1.52. The van der Waals surface area contributed by atoms with Gasteiger partial charge >= 0.3 is 0 Å². The minimum Gasteiger partial charge on any atom is -0.378 e.